The Labute approximate surface area is 199 Å². The summed E-state index contributed by atoms with van der Waals surface area (Å²) in [7, 11) is 0. The summed E-state index contributed by atoms with van der Waals surface area (Å²) in [6.07, 6.45) is 3.27. The van der Waals surface area contributed by atoms with Crippen LogP contribution in [-0.2, 0) is 16.1 Å². The maximum absolute atomic E-state index is 11.7. The molecule has 180 valence electrons. The molecule has 0 unspecified atom stereocenters. The number of hydrogen-bond acceptors (Lipinski definition) is 10. The number of anilines is 3. The first-order valence-electron chi connectivity index (χ1n) is 11.3. The molecular formula is C22H24N10O3. The van der Waals surface area contributed by atoms with Crippen LogP contribution in [0.15, 0.2) is 28.9 Å². The molecule has 13 nitrogen and oxygen atoms in total. The minimum Gasteiger partial charge on any atom is -0.341 e. The molecule has 1 fully saturated rings. The molecule has 1 aromatic carbocycles. The molecule has 3 aromatic heterocycles. The molecule has 13 heteroatoms. The summed E-state index contributed by atoms with van der Waals surface area (Å²) in [6.45, 7) is 4.67. The van der Waals surface area contributed by atoms with Crippen molar-refractivity contribution in [3.05, 3.63) is 30.1 Å². The Morgan fingerprint density at radius 2 is 1.71 bits per heavy atom. The van der Waals surface area contributed by atoms with Crippen LogP contribution >= 0.6 is 0 Å². The van der Waals surface area contributed by atoms with E-state index in [4.69, 9.17) is 14.6 Å². The fourth-order valence-corrected chi connectivity index (χ4v) is 4.07. The van der Waals surface area contributed by atoms with Gasteiger partial charge in [0.05, 0.1) is 17.6 Å². The summed E-state index contributed by atoms with van der Waals surface area (Å²) in [5, 5.41) is 13.1. The van der Waals surface area contributed by atoms with Crippen LogP contribution in [0, 0.1) is 0 Å². The molecule has 0 saturated carbocycles. The quantitative estimate of drug-likeness (QED) is 0.423. The maximum atomic E-state index is 11.7. The number of carbonyl (C=O) groups excluding carboxylic acids is 2. The van der Waals surface area contributed by atoms with Crippen LogP contribution in [0.25, 0.3) is 22.6 Å². The highest BCUT2D eigenvalue weighted by Crippen LogP contribution is 2.29. The number of amides is 2. The van der Waals surface area contributed by atoms with Gasteiger partial charge in [0.25, 0.3) is 0 Å². The van der Waals surface area contributed by atoms with Crippen molar-refractivity contribution in [1.82, 2.24) is 34.8 Å². The Morgan fingerprint density at radius 1 is 0.943 bits per heavy atom. The second-order valence-electron chi connectivity index (χ2n) is 8.26. The predicted molar refractivity (Wildman–Crippen MR) is 127 cm³/mol. The minimum absolute atomic E-state index is 0.164. The Kier molecular flexibility index (Phi) is 6.04. The second-order valence-corrected chi connectivity index (χ2v) is 8.26. The van der Waals surface area contributed by atoms with Gasteiger partial charge in [-0.25, -0.2) is 9.61 Å². The number of hydrogen-bond donors (Lipinski definition) is 2. The van der Waals surface area contributed by atoms with Gasteiger partial charge in [0.2, 0.25) is 29.5 Å². The molecule has 2 N–H and O–H groups in total. The summed E-state index contributed by atoms with van der Waals surface area (Å²) in [5.41, 5.74) is 1.80. The number of piperidine rings is 1. The smallest absolute Gasteiger partial charge is 0.234 e. The minimum atomic E-state index is -0.312. The Morgan fingerprint density at radius 3 is 2.49 bits per heavy atom. The molecule has 4 aromatic rings. The maximum Gasteiger partial charge on any atom is 0.234 e. The molecule has 2 amide bonds. The van der Waals surface area contributed by atoms with E-state index in [0.717, 1.165) is 31.4 Å². The zero-order valence-electron chi connectivity index (χ0n) is 19.4. The molecule has 1 saturated heterocycles. The lowest BCUT2D eigenvalue weighted by molar-refractivity contribution is -0.115. The normalized spacial score (nSPS) is 13.7. The zero-order chi connectivity index (χ0) is 24.4. The second kappa shape index (κ2) is 9.44. The number of para-hydroxylation sites is 2. The van der Waals surface area contributed by atoms with E-state index in [2.05, 4.69) is 35.8 Å². The number of rotatable bonds is 6. The van der Waals surface area contributed by atoms with E-state index < -0.39 is 0 Å². The summed E-state index contributed by atoms with van der Waals surface area (Å²) < 4.78 is 6.77. The third-order valence-corrected chi connectivity index (χ3v) is 5.55. The number of benzene rings is 1. The molecule has 0 radical (unpaired) electrons. The standard InChI is InChI=1S/C22H24N10O3/c1-13(33)23-19-18(29-35-30-19)20-25-15-8-4-5-9-16(15)32(20)12-17-26-21(24-14(2)34)28-22(27-17)31-10-6-3-7-11-31/h4-5,8-9H,3,6-7,10-12H2,1-2H3,(H,23,30,33)(H,24,26,27,28,34). The predicted octanol–water partition coefficient (Wildman–Crippen LogP) is 2.23. The monoisotopic (exact) mass is 476 g/mol. The highest BCUT2D eigenvalue weighted by molar-refractivity contribution is 5.91. The van der Waals surface area contributed by atoms with Crippen LogP contribution in [0.4, 0.5) is 17.7 Å². The number of fused-ring (bicyclic) bond motifs is 1. The van der Waals surface area contributed by atoms with Gasteiger partial charge in [-0.2, -0.15) is 15.0 Å². The van der Waals surface area contributed by atoms with Crippen LogP contribution in [0.5, 0.6) is 0 Å². The number of nitrogens with zero attached hydrogens (tertiary/aromatic N) is 8. The van der Waals surface area contributed by atoms with E-state index >= 15 is 0 Å². The summed E-state index contributed by atoms with van der Waals surface area (Å²) in [4.78, 5) is 43.9. The number of aromatic nitrogens is 7. The molecule has 1 aliphatic heterocycles. The average molecular weight is 477 g/mol. The Bertz CT molecular complexity index is 1390. The first-order chi connectivity index (χ1) is 17.0. The molecule has 0 spiro atoms. The van der Waals surface area contributed by atoms with Crippen LogP contribution in [0.1, 0.15) is 38.9 Å². The van der Waals surface area contributed by atoms with E-state index in [1.807, 2.05) is 28.8 Å². The topological polar surface area (TPSA) is 157 Å². The van der Waals surface area contributed by atoms with Gasteiger partial charge in [-0.3, -0.25) is 14.9 Å². The van der Waals surface area contributed by atoms with Crippen molar-refractivity contribution in [2.24, 2.45) is 0 Å². The van der Waals surface area contributed by atoms with E-state index in [-0.39, 0.29) is 35.8 Å². The lowest BCUT2D eigenvalue weighted by atomic mass is 10.1. The third kappa shape index (κ3) is 4.78. The van der Waals surface area contributed by atoms with Gasteiger partial charge < -0.3 is 14.8 Å². The van der Waals surface area contributed by atoms with Crippen LogP contribution in [0.2, 0.25) is 0 Å². The third-order valence-electron chi connectivity index (χ3n) is 5.55. The molecule has 35 heavy (non-hydrogen) atoms. The van der Waals surface area contributed by atoms with Gasteiger partial charge in [0.1, 0.15) is 0 Å². The van der Waals surface area contributed by atoms with Crippen molar-refractivity contribution in [3.8, 4) is 11.5 Å². The van der Waals surface area contributed by atoms with Crippen molar-refractivity contribution < 1.29 is 14.2 Å². The lowest BCUT2D eigenvalue weighted by Crippen LogP contribution is -2.32. The molecule has 0 atom stereocenters. The highest BCUT2D eigenvalue weighted by atomic mass is 16.6. The fourth-order valence-electron chi connectivity index (χ4n) is 4.07. The molecule has 0 aliphatic carbocycles. The average Bonchev–Trinajstić information content (AvgIpc) is 3.43. The van der Waals surface area contributed by atoms with Gasteiger partial charge in [-0.1, -0.05) is 12.1 Å². The van der Waals surface area contributed by atoms with E-state index in [1.54, 1.807) is 0 Å². The van der Waals surface area contributed by atoms with Crippen LogP contribution in [0.3, 0.4) is 0 Å². The molecular weight excluding hydrogens is 452 g/mol. The molecule has 0 bridgehead atoms. The lowest BCUT2D eigenvalue weighted by Gasteiger charge is -2.27. The van der Waals surface area contributed by atoms with Crippen LogP contribution in [-0.4, -0.2) is 59.7 Å². The molecule has 1 aliphatic rings. The SMILES string of the molecule is CC(=O)Nc1nc(Cn2c(-c3nonc3NC(C)=O)nc3ccccc32)nc(N2CCCCC2)n1. The zero-order valence-corrected chi connectivity index (χ0v) is 19.4. The highest BCUT2D eigenvalue weighted by Gasteiger charge is 2.23. The molecule has 4 heterocycles. The summed E-state index contributed by atoms with van der Waals surface area (Å²) in [6, 6.07) is 7.57. The van der Waals surface area contributed by atoms with E-state index in [0.29, 0.717) is 23.1 Å². The van der Waals surface area contributed by atoms with Gasteiger partial charge >= 0.3 is 0 Å². The number of nitrogens with one attached hydrogen (secondary N) is 2. The fraction of sp³-hybridized carbons (Fsp3) is 0.364. The first kappa shape index (κ1) is 22.4. The largest absolute Gasteiger partial charge is 0.341 e. The summed E-state index contributed by atoms with van der Waals surface area (Å²) >= 11 is 0. The van der Waals surface area contributed by atoms with Crippen molar-refractivity contribution in [1.29, 1.82) is 0 Å². The van der Waals surface area contributed by atoms with Crippen LogP contribution < -0.4 is 15.5 Å². The van der Waals surface area contributed by atoms with Crippen molar-refractivity contribution in [3.63, 3.8) is 0 Å². The van der Waals surface area contributed by atoms with Gasteiger partial charge in [-0.05, 0) is 41.7 Å². The number of carbonyl (C=O) groups is 2. The van der Waals surface area contributed by atoms with Crippen molar-refractivity contribution in [2.75, 3.05) is 28.6 Å². The van der Waals surface area contributed by atoms with Crippen molar-refractivity contribution in [2.45, 2.75) is 39.7 Å². The number of imidazole rings is 1. The van der Waals surface area contributed by atoms with E-state index in [9.17, 15) is 9.59 Å². The Hall–Kier alpha value is -4.42. The molecule has 5 rings (SSSR count). The summed E-state index contributed by atoms with van der Waals surface area (Å²) in [5.74, 6) is 1.16. The van der Waals surface area contributed by atoms with Crippen molar-refractivity contribution >= 4 is 40.6 Å². The van der Waals surface area contributed by atoms with Gasteiger partial charge in [0, 0.05) is 26.9 Å². The van der Waals surface area contributed by atoms with E-state index in [1.165, 1.54) is 20.3 Å². The van der Waals surface area contributed by atoms with Gasteiger partial charge in [-0.15, -0.1) is 0 Å². The first-order valence-corrected chi connectivity index (χ1v) is 11.3. The Balaban J connectivity index is 1.60. The van der Waals surface area contributed by atoms with Gasteiger partial charge in [0.15, 0.2) is 17.3 Å².